The maximum absolute atomic E-state index is 11.8. The minimum Gasteiger partial charge on any atom is -0.360 e. The van der Waals surface area contributed by atoms with Crippen LogP contribution in [0.25, 0.3) is 0 Å². The van der Waals surface area contributed by atoms with Crippen LogP contribution in [0.1, 0.15) is 19.3 Å². The first-order valence-corrected chi connectivity index (χ1v) is 5.77. The van der Waals surface area contributed by atoms with E-state index in [0.29, 0.717) is 6.54 Å². The van der Waals surface area contributed by atoms with E-state index in [9.17, 15) is 4.79 Å². The fourth-order valence-electron chi connectivity index (χ4n) is 1.93. The summed E-state index contributed by atoms with van der Waals surface area (Å²) in [5.41, 5.74) is 0. The van der Waals surface area contributed by atoms with Gasteiger partial charge < -0.3 is 10.2 Å². The van der Waals surface area contributed by atoms with Crippen molar-refractivity contribution in [3.8, 4) is 0 Å². The third-order valence-electron chi connectivity index (χ3n) is 2.84. The first kappa shape index (κ1) is 11.0. The fraction of sp³-hybridized carbons (Fsp3) is 0.636. The molecule has 1 aliphatic rings. The highest BCUT2D eigenvalue weighted by Crippen LogP contribution is 2.09. The maximum Gasteiger partial charge on any atom is 0.241 e. The van der Waals surface area contributed by atoms with Crippen LogP contribution in [0.15, 0.2) is 12.3 Å². The molecule has 1 N–H and O–H groups in total. The average Bonchev–Trinajstić information content (AvgIpc) is 2.73. The van der Waals surface area contributed by atoms with Crippen LogP contribution in [0.5, 0.6) is 0 Å². The van der Waals surface area contributed by atoms with E-state index < -0.39 is 0 Å². The van der Waals surface area contributed by atoms with E-state index in [4.69, 9.17) is 0 Å². The molecular formula is C11H18N4O. The lowest BCUT2D eigenvalue weighted by Crippen LogP contribution is -2.39. The van der Waals surface area contributed by atoms with E-state index in [1.54, 1.807) is 4.68 Å². The number of hydrogen-bond donors (Lipinski definition) is 1. The number of rotatable bonds is 3. The first-order chi connectivity index (χ1) is 7.75. The summed E-state index contributed by atoms with van der Waals surface area (Å²) in [5.74, 6) is 0.929. The average molecular weight is 222 g/mol. The molecule has 0 unspecified atom stereocenters. The lowest BCUT2D eigenvalue weighted by atomic mass is 10.1. The molecule has 1 aromatic heterocycles. The van der Waals surface area contributed by atoms with E-state index >= 15 is 0 Å². The number of piperidine rings is 1. The standard InChI is InChI=1S/C11H18N4O/c1-14-8-5-10(13-14)12-9-11(16)15-6-3-2-4-7-15/h5,8H,2-4,6-7,9H2,1H3,(H,12,13). The minimum atomic E-state index is 0.172. The van der Waals surface area contributed by atoms with Crippen LogP contribution in [-0.2, 0) is 11.8 Å². The van der Waals surface area contributed by atoms with Gasteiger partial charge in [0, 0.05) is 32.4 Å². The van der Waals surface area contributed by atoms with Crippen molar-refractivity contribution >= 4 is 11.7 Å². The van der Waals surface area contributed by atoms with Gasteiger partial charge in [0.05, 0.1) is 6.54 Å². The van der Waals surface area contributed by atoms with Crippen LogP contribution in [0.2, 0.25) is 0 Å². The Bertz CT molecular complexity index is 355. The molecule has 2 heterocycles. The number of amides is 1. The number of hydrogen-bond acceptors (Lipinski definition) is 3. The lowest BCUT2D eigenvalue weighted by Gasteiger charge is -2.26. The number of aryl methyl sites for hydroxylation is 1. The Balaban J connectivity index is 1.78. The highest BCUT2D eigenvalue weighted by molar-refractivity contribution is 5.80. The topological polar surface area (TPSA) is 50.2 Å². The fourth-order valence-corrected chi connectivity index (χ4v) is 1.93. The Labute approximate surface area is 95.4 Å². The molecule has 1 aliphatic heterocycles. The molecule has 0 spiro atoms. The number of carbonyl (C=O) groups excluding carboxylic acids is 1. The van der Waals surface area contributed by atoms with Crippen LogP contribution in [0.4, 0.5) is 5.82 Å². The Hall–Kier alpha value is -1.52. The SMILES string of the molecule is Cn1ccc(NCC(=O)N2CCCCC2)n1. The van der Waals surface area contributed by atoms with Gasteiger partial charge in [-0.1, -0.05) is 0 Å². The van der Waals surface area contributed by atoms with Crippen molar-refractivity contribution < 1.29 is 4.79 Å². The zero-order valence-corrected chi connectivity index (χ0v) is 9.65. The number of carbonyl (C=O) groups is 1. The Morgan fingerprint density at radius 3 is 2.81 bits per heavy atom. The quantitative estimate of drug-likeness (QED) is 0.824. The smallest absolute Gasteiger partial charge is 0.241 e. The van der Waals surface area contributed by atoms with Gasteiger partial charge in [-0.15, -0.1) is 0 Å². The molecule has 1 fully saturated rings. The van der Waals surface area contributed by atoms with Crippen LogP contribution in [0.3, 0.4) is 0 Å². The summed E-state index contributed by atoms with van der Waals surface area (Å²) < 4.78 is 1.72. The summed E-state index contributed by atoms with van der Waals surface area (Å²) in [5, 5.41) is 7.20. The van der Waals surface area contributed by atoms with Gasteiger partial charge in [-0.25, -0.2) is 0 Å². The van der Waals surface area contributed by atoms with Crippen LogP contribution >= 0.6 is 0 Å². The zero-order chi connectivity index (χ0) is 11.4. The molecular weight excluding hydrogens is 204 g/mol. The molecule has 1 saturated heterocycles. The molecule has 5 heteroatoms. The van der Waals surface area contributed by atoms with Crippen molar-refractivity contribution in [3.63, 3.8) is 0 Å². The van der Waals surface area contributed by atoms with Gasteiger partial charge in [-0.2, -0.15) is 5.10 Å². The largest absolute Gasteiger partial charge is 0.360 e. The molecule has 1 amide bonds. The Morgan fingerprint density at radius 1 is 1.44 bits per heavy atom. The van der Waals surface area contributed by atoms with Crippen molar-refractivity contribution in [3.05, 3.63) is 12.3 Å². The molecule has 0 aliphatic carbocycles. The molecule has 16 heavy (non-hydrogen) atoms. The highest BCUT2D eigenvalue weighted by atomic mass is 16.2. The second kappa shape index (κ2) is 5.01. The summed E-state index contributed by atoms with van der Waals surface area (Å²) in [7, 11) is 1.86. The van der Waals surface area contributed by atoms with Crippen molar-refractivity contribution in [2.24, 2.45) is 7.05 Å². The first-order valence-electron chi connectivity index (χ1n) is 5.77. The number of nitrogens with one attached hydrogen (secondary N) is 1. The van der Waals surface area contributed by atoms with Gasteiger partial charge in [-0.05, 0) is 19.3 Å². The van der Waals surface area contributed by atoms with Crippen molar-refractivity contribution in [1.82, 2.24) is 14.7 Å². The lowest BCUT2D eigenvalue weighted by molar-refractivity contribution is -0.130. The van der Waals surface area contributed by atoms with Gasteiger partial charge >= 0.3 is 0 Å². The number of anilines is 1. The third-order valence-corrected chi connectivity index (χ3v) is 2.84. The van der Waals surface area contributed by atoms with Gasteiger partial charge in [0.1, 0.15) is 5.82 Å². The summed E-state index contributed by atoms with van der Waals surface area (Å²) in [6.07, 6.45) is 5.37. The van der Waals surface area contributed by atoms with E-state index in [2.05, 4.69) is 10.4 Å². The van der Waals surface area contributed by atoms with E-state index in [-0.39, 0.29) is 5.91 Å². The van der Waals surface area contributed by atoms with E-state index in [1.807, 2.05) is 24.2 Å². The monoisotopic (exact) mass is 222 g/mol. The predicted molar refractivity (Wildman–Crippen MR) is 62.1 cm³/mol. The van der Waals surface area contributed by atoms with Crippen molar-refractivity contribution in [1.29, 1.82) is 0 Å². The van der Waals surface area contributed by atoms with Gasteiger partial charge in [0.25, 0.3) is 0 Å². The predicted octanol–water partition coefficient (Wildman–Crippen LogP) is 0.844. The zero-order valence-electron chi connectivity index (χ0n) is 9.65. The summed E-state index contributed by atoms with van der Waals surface area (Å²) in [6.45, 7) is 2.16. The third kappa shape index (κ3) is 2.74. The maximum atomic E-state index is 11.8. The molecule has 5 nitrogen and oxygen atoms in total. The molecule has 1 aromatic rings. The number of nitrogens with zero attached hydrogens (tertiary/aromatic N) is 3. The van der Waals surface area contributed by atoms with Crippen molar-refractivity contribution in [2.75, 3.05) is 25.0 Å². The molecule has 0 bridgehead atoms. The molecule has 0 atom stereocenters. The summed E-state index contributed by atoms with van der Waals surface area (Å²) in [4.78, 5) is 13.7. The second-order valence-corrected chi connectivity index (χ2v) is 4.17. The molecule has 2 rings (SSSR count). The van der Waals surface area contributed by atoms with Crippen LogP contribution < -0.4 is 5.32 Å². The molecule has 0 aromatic carbocycles. The van der Waals surface area contributed by atoms with Crippen molar-refractivity contribution in [2.45, 2.75) is 19.3 Å². The number of aromatic nitrogens is 2. The molecule has 0 saturated carbocycles. The summed E-state index contributed by atoms with van der Waals surface area (Å²) in [6, 6.07) is 1.86. The number of likely N-dealkylation sites (tertiary alicyclic amines) is 1. The second-order valence-electron chi connectivity index (χ2n) is 4.17. The Kier molecular flexibility index (Phi) is 3.44. The minimum absolute atomic E-state index is 0.172. The van der Waals surface area contributed by atoms with E-state index in [0.717, 1.165) is 31.7 Å². The van der Waals surface area contributed by atoms with Crippen LogP contribution in [0, 0.1) is 0 Å². The highest BCUT2D eigenvalue weighted by Gasteiger charge is 2.15. The van der Waals surface area contributed by atoms with Gasteiger partial charge in [0.2, 0.25) is 5.91 Å². The van der Waals surface area contributed by atoms with E-state index in [1.165, 1.54) is 6.42 Å². The molecule has 88 valence electrons. The van der Waals surface area contributed by atoms with Gasteiger partial charge in [-0.3, -0.25) is 9.48 Å². The van der Waals surface area contributed by atoms with Gasteiger partial charge in [0.15, 0.2) is 0 Å². The van der Waals surface area contributed by atoms with Crippen LogP contribution in [-0.4, -0.2) is 40.2 Å². The molecule has 0 radical (unpaired) electrons. The summed E-state index contributed by atoms with van der Waals surface area (Å²) >= 11 is 0. The Morgan fingerprint density at radius 2 is 2.19 bits per heavy atom. The normalized spacial score (nSPS) is 16.2.